The van der Waals surface area contributed by atoms with Gasteiger partial charge in [-0.15, -0.1) is 0 Å². The molecule has 0 aliphatic heterocycles. The van der Waals surface area contributed by atoms with Crippen LogP contribution in [-0.2, 0) is 4.79 Å². The molecule has 1 fully saturated rings. The van der Waals surface area contributed by atoms with Crippen LogP contribution < -0.4 is 11.1 Å². The van der Waals surface area contributed by atoms with Crippen molar-refractivity contribution in [1.82, 2.24) is 5.32 Å². The molecule has 0 aromatic rings. The molecule has 4 heteroatoms. The van der Waals surface area contributed by atoms with Crippen LogP contribution in [0.4, 0.5) is 0 Å². The van der Waals surface area contributed by atoms with Gasteiger partial charge in [-0.25, -0.2) is 0 Å². The first-order valence-corrected chi connectivity index (χ1v) is 6.30. The number of carbonyl (C=O) groups excluding carboxylic acids is 1. The Morgan fingerprint density at radius 2 is 2.21 bits per heavy atom. The Labute approximate surface area is 90.2 Å². The number of rotatable bonds is 5. The van der Waals surface area contributed by atoms with E-state index in [2.05, 4.69) is 11.6 Å². The van der Waals surface area contributed by atoms with Gasteiger partial charge in [-0.2, -0.15) is 11.8 Å². The predicted molar refractivity (Wildman–Crippen MR) is 61.4 cm³/mol. The van der Waals surface area contributed by atoms with Crippen LogP contribution in [0.5, 0.6) is 0 Å². The summed E-state index contributed by atoms with van der Waals surface area (Å²) < 4.78 is 0.319. The Hall–Kier alpha value is -0.220. The van der Waals surface area contributed by atoms with Crippen molar-refractivity contribution >= 4 is 17.7 Å². The van der Waals surface area contributed by atoms with E-state index in [0.29, 0.717) is 11.2 Å². The molecular formula is C10H20N2OS. The zero-order chi connectivity index (χ0) is 10.8. The third-order valence-corrected chi connectivity index (χ3v) is 4.48. The van der Waals surface area contributed by atoms with E-state index >= 15 is 0 Å². The summed E-state index contributed by atoms with van der Waals surface area (Å²) in [7, 11) is 0. The molecule has 1 aliphatic rings. The predicted octanol–water partition coefficient (Wildman–Crippen LogP) is 1.13. The summed E-state index contributed by atoms with van der Waals surface area (Å²) >= 11 is 1.84. The minimum absolute atomic E-state index is 0.0275. The zero-order valence-electron chi connectivity index (χ0n) is 9.22. The first-order chi connectivity index (χ1) is 6.46. The molecule has 0 heterocycles. The van der Waals surface area contributed by atoms with Crippen LogP contribution in [0, 0.1) is 0 Å². The van der Waals surface area contributed by atoms with Crippen LogP contribution in [0.1, 0.15) is 33.1 Å². The lowest BCUT2D eigenvalue weighted by Gasteiger charge is -2.23. The molecule has 1 saturated carbocycles. The number of thioether (sulfide) groups is 1. The summed E-state index contributed by atoms with van der Waals surface area (Å²) in [6.45, 7) is 4.47. The molecule has 0 aromatic carbocycles. The van der Waals surface area contributed by atoms with Crippen LogP contribution >= 0.6 is 11.8 Å². The molecule has 1 amide bonds. The van der Waals surface area contributed by atoms with Gasteiger partial charge < -0.3 is 11.1 Å². The van der Waals surface area contributed by atoms with Crippen molar-refractivity contribution in [2.75, 3.05) is 12.8 Å². The van der Waals surface area contributed by atoms with E-state index in [0.717, 1.165) is 6.54 Å². The lowest BCUT2D eigenvalue weighted by Crippen LogP contribution is -2.52. The Morgan fingerprint density at radius 3 is 2.57 bits per heavy atom. The molecule has 3 nitrogen and oxygen atoms in total. The molecule has 1 rings (SSSR count). The highest BCUT2D eigenvalue weighted by Crippen LogP contribution is 2.46. The summed E-state index contributed by atoms with van der Waals surface area (Å²) in [5, 5.41) is 2.94. The van der Waals surface area contributed by atoms with Gasteiger partial charge in [0.1, 0.15) is 0 Å². The average Bonchev–Trinajstić information content (AvgIpc) is 2.95. The summed E-state index contributed by atoms with van der Waals surface area (Å²) in [4.78, 5) is 11.6. The average molecular weight is 216 g/mol. The third kappa shape index (κ3) is 2.64. The number of nitrogens with one attached hydrogen (secondary N) is 1. The zero-order valence-corrected chi connectivity index (χ0v) is 10.0. The van der Waals surface area contributed by atoms with Gasteiger partial charge in [0.05, 0.1) is 5.54 Å². The van der Waals surface area contributed by atoms with Crippen molar-refractivity contribution in [3.05, 3.63) is 0 Å². The summed E-state index contributed by atoms with van der Waals surface area (Å²) in [5.74, 6) is -0.0275. The SMILES string of the molecule is CCC(C)(N)C(=O)NCC1(SC)CC1. The van der Waals surface area contributed by atoms with Crippen molar-refractivity contribution in [3.63, 3.8) is 0 Å². The van der Waals surface area contributed by atoms with Crippen molar-refractivity contribution in [2.24, 2.45) is 5.73 Å². The van der Waals surface area contributed by atoms with Crippen LogP contribution in [0.3, 0.4) is 0 Å². The second-order valence-corrected chi connectivity index (χ2v) is 5.62. The number of hydrogen-bond donors (Lipinski definition) is 2. The van der Waals surface area contributed by atoms with Gasteiger partial charge in [0, 0.05) is 11.3 Å². The molecular weight excluding hydrogens is 196 g/mol. The van der Waals surface area contributed by atoms with E-state index in [1.165, 1.54) is 12.8 Å². The second kappa shape index (κ2) is 4.11. The Kier molecular flexibility index (Phi) is 3.48. The van der Waals surface area contributed by atoms with Gasteiger partial charge >= 0.3 is 0 Å². The minimum atomic E-state index is -0.714. The van der Waals surface area contributed by atoms with Gasteiger partial charge in [0.15, 0.2) is 0 Å². The molecule has 82 valence electrons. The molecule has 0 radical (unpaired) electrons. The maximum Gasteiger partial charge on any atom is 0.239 e. The molecule has 14 heavy (non-hydrogen) atoms. The number of hydrogen-bond acceptors (Lipinski definition) is 3. The fourth-order valence-electron chi connectivity index (χ4n) is 1.20. The Balaban J connectivity index is 2.35. The van der Waals surface area contributed by atoms with E-state index in [1.807, 2.05) is 18.7 Å². The van der Waals surface area contributed by atoms with Gasteiger partial charge in [0.25, 0.3) is 0 Å². The lowest BCUT2D eigenvalue weighted by molar-refractivity contribution is -0.125. The van der Waals surface area contributed by atoms with Gasteiger partial charge in [-0.05, 0) is 32.4 Å². The van der Waals surface area contributed by atoms with Crippen LogP contribution in [0.25, 0.3) is 0 Å². The molecule has 0 bridgehead atoms. The third-order valence-electron chi connectivity index (χ3n) is 3.06. The van der Waals surface area contributed by atoms with E-state index in [-0.39, 0.29) is 5.91 Å². The minimum Gasteiger partial charge on any atom is -0.353 e. The highest BCUT2D eigenvalue weighted by molar-refractivity contribution is 8.00. The number of carbonyl (C=O) groups is 1. The first-order valence-electron chi connectivity index (χ1n) is 5.08. The van der Waals surface area contributed by atoms with Gasteiger partial charge in [-0.1, -0.05) is 6.92 Å². The van der Waals surface area contributed by atoms with E-state index in [4.69, 9.17) is 5.73 Å². The van der Waals surface area contributed by atoms with E-state index in [9.17, 15) is 4.79 Å². The molecule has 0 saturated heterocycles. The highest BCUT2D eigenvalue weighted by Gasteiger charge is 2.42. The maximum absolute atomic E-state index is 11.6. The molecule has 0 aromatic heterocycles. The van der Waals surface area contributed by atoms with Crippen molar-refractivity contribution in [1.29, 1.82) is 0 Å². The largest absolute Gasteiger partial charge is 0.353 e. The second-order valence-electron chi connectivity index (χ2n) is 4.34. The standard InChI is InChI=1S/C10H20N2OS/c1-4-9(2,11)8(13)12-7-10(14-3)5-6-10/h4-7,11H2,1-3H3,(H,12,13). The number of amides is 1. The molecule has 1 atom stereocenters. The summed E-state index contributed by atoms with van der Waals surface area (Å²) in [5.41, 5.74) is 5.12. The maximum atomic E-state index is 11.6. The van der Waals surface area contributed by atoms with E-state index < -0.39 is 5.54 Å². The highest BCUT2D eigenvalue weighted by atomic mass is 32.2. The monoisotopic (exact) mass is 216 g/mol. The molecule has 1 unspecified atom stereocenters. The molecule has 1 aliphatic carbocycles. The quantitative estimate of drug-likeness (QED) is 0.724. The van der Waals surface area contributed by atoms with E-state index in [1.54, 1.807) is 6.92 Å². The van der Waals surface area contributed by atoms with Crippen molar-refractivity contribution < 1.29 is 4.79 Å². The smallest absolute Gasteiger partial charge is 0.239 e. The summed E-state index contributed by atoms with van der Waals surface area (Å²) in [6.07, 6.45) is 5.19. The van der Waals surface area contributed by atoms with Crippen LogP contribution in [0.2, 0.25) is 0 Å². The fourth-order valence-corrected chi connectivity index (χ4v) is 1.92. The van der Waals surface area contributed by atoms with Crippen molar-refractivity contribution in [3.8, 4) is 0 Å². The number of nitrogens with two attached hydrogens (primary N) is 1. The molecule has 3 N–H and O–H groups in total. The Bertz CT molecular complexity index is 224. The Morgan fingerprint density at radius 1 is 1.64 bits per heavy atom. The fraction of sp³-hybridized carbons (Fsp3) is 0.900. The summed E-state index contributed by atoms with van der Waals surface area (Å²) in [6, 6.07) is 0. The normalized spacial score (nSPS) is 22.6. The lowest BCUT2D eigenvalue weighted by atomic mass is 9.99. The van der Waals surface area contributed by atoms with Gasteiger partial charge in [0.2, 0.25) is 5.91 Å². The molecule has 0 spiro atoms. The van der Waals surface area contributed by atoms with Crippen LogP contribution in [-0.4, -0.2) is 29.0 Å². The van der Waals surface area contributed by atoms with Crippen LogP contribution in [0.15, 0.2) is 0 Å². The topological polar surface area (TPSA) is 55.1 Å². The first kappa shape index (κ1) is 11.9. The van der Waals surface area contributed by atoms with Gasteiger partial charge in [-0.3, -0.25) is 4.79 Å². The van der Waals surface area contributed by atoms with Crippen molar-refractivity contribution in [2.45, 2.75) is 43.4 Å².